The molecule has 0 spiro atoms. The Bertz CT molecular complexity index is 735. The molecule has 118 valence electrons. The molecule has 0 aliphatic rings. The summed E-state index contributed by atoms with van der Waals surface area (Å²) in [6.07, 6.45) is 1.93. The van der Waals surface area contributed by atoms with Crippen molar-refractivity contribution in [1.29, 1.82) is 0 Å². The highest BCUT2D eigenvalue weighted by molar-refractivity contribution is 14.1. The van der Waals surface area contributed by atoms with Gasteiger partial charge in [0.1, 0.15) is 6.61 Å². The summed E-state index contributed by atoms with van der Waals surface area (Å²) >= 11 is 2.21. The van der Waals surface area contributed by atoms with Gasteiger partial charge in [-0.15, -0.1) is 0 Å². The predicted octanol–water partition coefficient (Wildman–Crippen LogP) is 2.26. The zero-order valence-electron chi connectivity index (χ0n) is 12.8. The molecule has 0 fully saturated rings. The Morgan fingerprint density at radius 2 is 2.18 bits per heavy atom. The summed E-state index contributed by atoms with van der Waals surface area (Å²) in [4.78, 5) is 17.5. The van der Waals surface area contributed by atoms with Gasteiger partial charge in [-0.25, -0.2) is 4.79 Å². The van der Waals surface area contributed by atoms with E-state index in [4.69, 9.17) is 4.84 Å². The van der Waals surface area contributed by atoms with Gasteiger partial charge in [-0.2, -0.15) is 9.36 Å². The van der Waals surface area contributed by atoms with Crippen LogP contribution in [0.4, 0.5) is 0 Å². The normalized spacial score (nSPS) is 11.7. The third-order valence-electron chi connectivity index (χ3n) is 3.09. The van der Waals surface area contributed by atoms with Crippen LogP contribution < -0.4 is 5.69 Å². The highest BCUT2D eigenvalue weighted by Gasteiger charge is 2.14. The highest BCUT2D eigenvalue weighted by Crippen LogP contribution is 2.20. The SMILES string of the molecule is CCCC(C)=NOCc1c(I)cccc1-n1nnn(C)c1=O. The lowest BCUT2D eigenvalue weighted by Gasteiger charge is -2.09. The summed E-state index contributed by atoms with van der Waals surface area (Å²) in [5, 5.41) is 11.7. The van der Waals surface area contributed by atoms with Crippen molar-refractivity contribution in [3.05, 3.63) is 37.8 Å². The average molecular weight is 415 g/mol. The van der Waals surface area contributed by atoms with Gasteiger partial charge in [-0.1, -0.05) is 24.6 Å². The van der Waals surface area contributed by atoms with Crippen LogP contribution in [0.15, 0.2) is 28.1 Å². The summed E-state index contributed by atoms with van der Waals surface area (Å²) in [6.45, 7) is 4.31. The molecule has 0 N–H and O–H groups in total. The highest BCUT2D eigenvalue weighted by atomic mass is 127. The fourth-order valence-electron chi connectivity index (χ4n) is 1.97. The fraction of sp³-hybridized carbons (Fsp3) is 0.429. The summed E-state index contributed by atoms with van der Waals surface area (Å²) in [6, 6.07) is 5.64. The van der Waals surface area contributed by atoms with E-state index >= 15 is 0 Å². The third kappa shape index (κ3) is 3.73. The first-order valence-corrected chi connectivity index (χ1v) is 8.04. The van der Waals surface area contributed by atoms with E-state index in [-0.39, 0.29) is 12.3 Å². The van der Waals surface area contributed by atoms with E-state index in [0.29, 0.717) is 5.69 Å². The molecule has 0 amide bonds. The summed E-state index contributed by atoms with van der Waals surface area (Å²) < 4.78 is 3.44. The van der Waals surface area contributed by atoms with Crippen molar-refractivity contribution in [2.75, 3.05) is 0 Å². The quantitative estimate of drug-likeness (QED) is 0.412. The molecule has 8 heteroatoms. The summed E-state index contributed by atoms with van der Waals surface area (Å²) in [7, 11) is 1.56. The van der Waals surface area contributed by atoms with Crippen LogP contribution in [-0.4, -0.2) is 25.5 Å². The maximum absolute atomic E-state index is 12.0. The zero-order chi connectivity index (χ0) is 16.1. The van der Waals surface area contributed by atoms with Crippen molar-refractivity contribution >= 4 is 28.3 Å². The molecule has 22 heavy (non-hydrogen) atoms. The van der Waals surface area contributed by atoms with Crippen LogP contribution in [0.25, 0.3) is 5.69 Å². The lowest BCUT2D eigenvalue weighted by Crippen LogP contribution is -2.23. The molecule has 0 radical (unpaired) electrons. The van der Waals surface area contributed by atoms with E-state index in [1.165, 1.54) is 9.36 Å². The smallest absolute Gasteiger partial charge is 0.368 e. The predicted molar refractivity (Wildman–Crippen MR) is 92.1 cm³/mol. The monoisotopic (exact) mass is 415 g/mol. The van der Waals surface area contributed by atoms with Gasteiger partial charge in [0, 0.05) is 16.2 Å². The van der Waals surface area contributed by atoms with Crippen molar-refractivity contribution in [3.63, 3.8) is 0 Å². The lowest BCUT2D eigenvalue weighted by atomic mass is 10.2. The van der Waals surface area contributed by atoms with Gasteiger partial charge in [-0.05, 0) is 58.5 Å². The van der Waals surface area contributed by atoms with Crippen molar-refractivity contribution < 1.29 is 4.84 Å². The van der Waals surface area contributed by atoms with Crippen LogP contribution in [0.1, 0.15) is 32.3 Å². The molecule has 0 atom stereocenters. The van der Waals surface area contributed by atoms with Gasteiger partial charge < -0.3 is 4.84 Å². The largest absolute Gasteiger partial charge is 0.391 e. The molecule has 0 aliphatic carbocycles. The van der Waals surface area contributed by atoms with E-state index in [2.05, 4.69) is 45.1 Å². The average Bonchev–Trinajstić information content (AvgIpc) is 2.81. The Morgan fingerprint density at radius 1 is 1.41 bits per heavy atom. The van der Waals surface area contributed by atoms with E-state index in [0.717, 1.165) is 27.7 Å². The van der Waals surface area contributed by atoms with E-state index in [1.807, 2.05) is 25.1 Å². The van der Waals surface area contributed by atoms with Crippen LogP contribution in [0.2, 0.25) is 0 Å². The molecule has 2 aromatic rings. The fourth-order valence-corrected chi connectivity index (χ4v) is 2.61. The molecule has 1 aromatic heterocycles. The topological polar surface area (TPSA) is 74.3 Å². The number of benzene rings is 1. The van der Waals surface area contributed by atoms with E-state index in [9.17, 15) is 4.79 Å². The Morgan fingerprint density at radius 3 is 2.82 bits per heavy atom. The van der Waals surface area contributed by atoms with E-state index < -0.39 is 0 Å². The maximum atomic E-state index is 12.0. The Labute approximate surface area is 142 Å². The van der Waals surface area contributed by atoms with E-state index in [1.54, 1.807) is 7.05 Å². The van der Waals surface area contributed by atoms with Crippen LogP contribution in [0, 0.1) is 3.57 Å². The summed E-state index contributed by atoms with van der Waals surface area (Å²) in [5.74, 6) is 0. The number of hydrogen-bond acceptors (Lipinski definition) is 5. The lowest BCUT2D eigenvalue weighted by molar-refractivity contribution is 0.129. The Hall–Kier alpha value is -1.71. The Balaban J connectivity index is 2.30. The zero-order valence-corrected chi connectivity index (χ0v) is 14.9. The van der Waals surface area contributed by atoms with Crippen molar-refractivity contribution in [2.45, 2.75) is 33.3 Å². The first-order valence-electron chi connectivity index (χ1n) is 6.96. The first kappa shape index (κ1) is 16.7. The van der Waals surface area contributed by atoms with Crippen LogP contribution in [0.5, 0.6) is 0 Å². The van der Waals surface area contributed by atoms with Crippen LogP contribution in [-0.2, 0) is 18.5 Å². The van der Waals surface area contributed by atoms with Crippen LogP contribution >= 0.6 is 22.6 Å². The molecule has 0 unspecified atom stereocenters. The van der Waals surface area contributed by atoms with Crippen molar-refractivity contribution in [3.8, 4) is 5.69 Å². The molecule has 0 bridgehead atoms. The maximum Gasteiger partial charge on any atom is 0.368 e. The molecular weight excluding hydrogens is 397 g/mol. The minimum Gasteiger partial charge on any atom is -0.391 e. The number of nitrogens with zero attached hydrogens (tertiary/aromatic N) is 5. The van der Waals surface area contributed by atoms with Gasteiger partial charge in [-0.3, -0.25) is 0 Å². The number of aromatic nitrogens is 4. The number of rotatable bonds is 6. The second kappa shape index (κ2) is 7.52. The molecule has 1 aromatic carbocycles. The van der Waals surface area contributed by atoms with Crippen molar-refractivity contribution in [2.24, 2.45) is 12.2 Å². The molecule has 2 rings (SSSR count). The third-order valence-corrected chi connectivity index (χ3v) is 4.10. The van der Waals surface area contributed by atoms with Gasteiger partial charge in [0.2, 0.25) is 0 Å². The Kier molecular flexibility index (Phi) is 5.69. The van der Waals surface area contributed by atoms with Gasteiger partial charge in [0.15, 0.2) is 0 Å². The molecular formula is C14H18IN5O2. The van der Waals surface area contributed by atoms with Crippen molar-refractivity contribution in [1.82, 2.24) is 19.8 Å². The minimum atomic E-state index is -0.297. The molecule has 1 heterocycles. The summed E-state index contributed by atoms with van der Waals surface area (Å²) in [5.41, 5.74) is 2.17. The minimum absolute atomic E-state index is 0.276. The molecule has 0 saturated heterocycles. The number of halogens is 1. The second-order valence-corrected chi connectivity index (χ2v) is 6.05. The standard InChI is InChI=1S/C14H18IN5O2/c1-4-6-10(2)16-22-9-11-12(15)7-5-8-13(11)20-14(21)19(3)17-18-20/h5,7-8H,4,6,9H2,1-3H3. The molecule has 0 saturated carbocycles. The van der Waals surface area contributed by atoms with Gasteiger partial charge >= 0.3 is 5.69 Å². The number of hydrogen-bond donors (Lipinski definition) is 0. The number of oxime groups is 1. The number of tetrazole rings is 1. The molecule has 7 nitrogen and oxygen atoms in total. The molecule has 0 aliphatic heterocycles. The number of aryl methyl sites for hydroxylation is 1. The second-order valence-electron chi connectivity index (χ2n) is 4.88. The van der Waals surface area contributed by atoms with Gasteiger partial charge in [0.05, 0.1) is 11.4 Å². The first-order chi connectivity index (χ1) is 10.5. The van der Waals surface area contributed by atoms with Crippen LogP contribution in [0.3, 0.4) is 0 Å². The van der Waals surface area contributed by atoms with Gasteiger partial charge in [0.25, 0.3) is 0 Å².